The number of para-hydroxylation sites is 1. The van der Waals surface area contributed by atoms with Crippen molar-refractivity contribution >= 4 is 23.6 Å². The Morgan fingerprint density at radius 1 is 1.04 bits per heavy atom. The SMILES string of the molecule is CC(C)N1C(N2CCN(c3ccccc3)CC2)=NC2C1C(=O)NC(=O)N2C. The van der Waals surface area contributed by atoms with Crippen LogP contribution >= 0.6 is 0 Å². The van der Waals surface area contributed by atoms with Crippen molar-refractivity contribution in [1.82, 2.24) is 20.0 Å². The molecule has 2 unspecified atom stereocenters. The lowest BCUT2D eigenvalue weighted by molar-refractivity contribution is -0.127. The Balaban J connectivity index is 1.54. The second kappa shape index (κ2) is 6.75. The fourth-order valence-corrected chi connectivity index (χ4v) is 4.07. The molecule has 1 aromatic rings. The quantitative estimate of drug-likeness (QED) is 0.832. The zero-order valence-electron chi connectivity index (χ0n) is 16.0. The molecule has 2 fully saturated rings. The van der Waals surface area contributed by atoms with Gasteiger partial charge in [0.15, 0.2) is 18.2 Å². The fraction of sp³-hybridized carbons (Fsp3) is 0.526. The van der Waals surface area contributed by atoms with Crippen LogP contribution in [0.2, 0.25) is 0 Å². The molecule has 3 aliphatic heterocycles. The van der Waals surface area contributed by atoms with Gasteiger partial charge in [-0.1, -0.05) is 18.2 Å². The molecule has 2 saturated heterocycles. The number of hydrogen-bond donors (Lipinski definition) is 1. The number of aliphatic imine (C=N–C) groups is 1. The molecular weight excluding hydrogens is 344 g/mol. The monoisotopic (exact) mass is 370 g/mol. The first-order valence-electron chi connectivity index (χ1n) is 9.46. The van der Waals surface area contributed by atoms with Crippen LogP contribution in [0.1, 0.15) is 13.8 Å². The third kappa shape index (κ3) is 2.98. The van der Waals surface area contributed by atoms with E-state index in [1.54, 1.807) is 7.05 Å². The summed E-state index contributed by atoms with van der Waals surface area (Å²) in [6.45, 7) is 7.56. The maximum atomic E-state index is 12.5. The summed E-state index contributed by atoms with van der Waals surface area (Å²) in [7, 11) is 1.69. The molecule has 1 aromatic carbocycles. The summed E-state index contributed by atoms with van der Waals surface area (Å²) in [5.41, 5.74) is 1.23. The number of piperazine rings is 1. The van der Waals surface area contributed by atoms with Gasteiger partial charge in [-0.05, 0) is 26.0 Å². The first-order valence-corrected chi connectivity index (χ1v) is 9.46. The summed E-state index contributed by atoms with van der Waals surface area (Å²) in [6, 6.07) is 9.65. The highest BCUT2D eigenvalue weighted by Crippen LogP contribution is 2.28. The zero-order valence-corrected chi connectivity index (χ0v) is 16.0. The lowest BCUT2D eigenvalue weighted by atomic mass is 10.1. The van der Waals surface area contributed by atoms with Crippen molar-refractivity contribution in [2.24, 2.45) is 4.99 Å². The van der Waals surface area contributed by atoms with Gasteiger partial charge in [0.25, 0.3) is 5.91 Å². The molecule has 8 heteroatoms. The Labute approximate surface area is 159 Å². The molecule has 3 aliphatic rings. The molecule has 0 spiro atoms. The Bertz CT molecular complexity index is 757. The Hall–Kier alpha value is -2.77. The van der Waals surface area contributed by atoms with E-state index in [4.69, 9.17) is 4.99 Å². The Morgan fingerprint density at radius 2 is 1.67 bits per heavy atom. The van der Waals surface area contributed by atoms with Gasteiger partial charge in [-0.3, -0.25) is 10.1 Å². The van der Waals surface area contributed by atoms with Crippen molar-refractivity contribution in [2.45, 2.75) is 32.1 Å². The number of carbonyl (C=O) groups excluding carboxylic acids is 2. The predicted octanol–water partition coefficient (Wildman–Crippen LogP) is 0.765. The number of guanidine groups is 1. The number of amides is 3. The number of urea groups is 1. The van der Waals surface area contributed by atoms with Gasteiger partial charge in [-0.25, -0.2) is 9.79 Å². The Kier molecular flexibility index (Phi) is 4.41. The van der Waals surface area contributed by atoms with Crippen LogP contribution in [0.5, 0.6) is 0 Å². The average molecular weight is 370 g/mol. The van der Waals surface area contributed by atoms with E-state index >= 15 is 0 Å². The molecule has 3 amide bonds. The van der Waals surface area contributed by atoms with Gasteiger partial charge in [-0.2, -0.15) is 0 Å². The summed E-state index contributed by atoms with van der Waals surface area (Å²) in [6.07, 6.45) is -0.462. The highest BCUT2D eigenvalue weighted by atomic mass is 16.2. The highest BCUT2D eigenvalue weighted by Gasteiger charge is 2.50. The maximum Gasteiger partial charge on any atom is 0.325 e. The number of imide groups is 1. The molecular formula is C19H26N6O2. The van der Waals surface area contributed by atoms with Gasteiger partial charge >= 0.3 is 6.03 Å². The average Bonchev–Trinajstić information content (AvgIpc) is 3.09. The van der Waals surface area contributed by atoms with E-state index in [2.05, 4.69) is 58.1 Å². The minimum Gasteiger partial charge on any atom is -0.368 e. The lowest BCUT2D eigenvalue weighted by Gasteiger charge is -2.42. The number of nitrogens with zero attached hydrogens (tertiary/aromatic N) is 5. The van der Waals surface area contributed by atoms with Crippen LogP contribution < -0.4 is 10.2 Å². The highest BCUT2D eigenvalue weighted by molar-refractivity contribution is 6.03. The molecule has 3 heterocycles. The van der Waals surface area contributed by atoms with Crippen LogP contribution in [0.15, 0.2) is 35.3 Å². The number of nitrogens with one attached hydrogen (secondary N) is 1. The molecule has 0 saturated carbocycles. The minimum atomic E-state index is -0.463. The summed E-state index contributed by atoms with van der Waals surface area (Å²) >= 11 is 0. The topological polar surface area (TPSA) is 71.5 Å². The van der Waals surface area contributed by atoms with Crippen molar-refractivity contribution in [1.29, 1.82) is 0 Å². The molecule has 144 valence electrons. The van der Waals surface area contributed by atoms with Gasteiger partial charge in [0.1, 0.15) is 0 Å². The molecule has 0 radical (unpaired) electrons. The van der Waals surface area contributed by atoms with Gasteiger partial charge in [-0.15, -0.1) is 0 Å². The second-order valence-electron chi connectivity index (χ2n) is 7.50. The number of carbonyl (C=O) groups is 2. The van der Waals surface area contributed by atoms with Crippen LogP contribution in [0.25, 0.3) is 0 Å². The molecule has 27 heavy (non-hydrogen) atoms. The molecule has 2 atom stereocenters. The van der Waals surface area contributed by atoms with E-state index in [0.717, 1.165) is 32.1 Å². The number of benzene rings is 1. The summed E-state index contributed by atoms with van der Waals surface area (Å²) in [5, 5.41) is 2.44. The van der Waals surface area contributed by atoms with E-state index in [0.29, 0.717) is 0 Å². The molecule has 8 nitrogen and oxygen atoms in total. The molecule has 0 bridgehead atoms. The van der Waals surface area contributed by atoms with Crippen molar-refractivity contribution in [3.8, 4) is 0 Å². The molecule has 0 aliphatic carbocycles. The first kappa shape index (κ1) is 17.6. The molecule has 4 rings (SSSR count). The van der Waals surface area contributed by atoms with E-state index in [1.807, 2.05) is 6.07 Å². The van der Waals surface area contributed by atoms with Gasteiger partial charge in [0.2, 0.25) is 0 Å². The summed E-state index contributed by atoms with van der Waals surface area (Å²) in [4.78, 5) is 37.5. The normalized spacial score (nSPS) is 25.7. The standard InChI is InChI=1S/C19H26N6O2/c1-13(2)25-15-16(22(3)19(27)21-17(15)26)20-18(25)24-11-9-23(10-12-24)14-7-5-4-6-8-14/h4-8,13,15-16H,9-12H2,1-3H3,(H,21,26,27). The number of rotatable bonds is 2. The van der Waals surface area contributed by atoms with Crippen LogP contribution in [-0.2, 0) is 4.79 Å². The van der Waals surface area contributed by atoms with Gasteiger partial charge in [0, 0.05) is 45.0 Å². The van der Waals surface area contributed by atoms with Crippen LogP contribution in [0, 0.1) is 0 Å². The minimum absolute atomic E-state index is 0.109. The molecule has 1 N–H and O–H groups in total. The van der Waals surface area contributed by atoms with Gasteiger partial charge in [0.05, 0.1) is 0 Å². The van der Waals surface area contributed by atoms with Gasteiger partial charge < -0.3 is 19.6 Å². The summed E-state index contributed by atoms with van der Waals surface area (Å²) in [5.74, 6) is 0.558. The van der Waals surface area contributed by atoms with Crippen LogP contribution in [-0.4, -0.2) is 84.1 Å². The van der Waals surface area contributed by atoms with E-state index in [9.17, 15) is 9.59 Å². The maximum absolute atomic E-state index is 12.5. The van der Waals surface area contributed by atoms with E-state index in [-0.39, 0.29) is 18.0 Å². The second-order valence-corrected chi connectivity index (χ2v) is 7.50. The lowest BCUT2D eigenvalue weighted by Crippen LogP contribution is -2.65. The molecule has 0 aromatic heterocycles. The van der Waals surface area contributed by atoms with E-state index < -0.39 is 12.2 Å². The first-order chi connectivity index (χ1) is 13.0. The number of likely N-dealkylation sites (N-methyl/N-ethyl adjacent to an activating group) is 1. The fourth-order valence-electron chi connectivity index (χ4n) is 4.07. The largest absolute Gasteiger partial charge is 0.368 e. The number of fused-ring (bicyclic) bond motifs is 1. The zero-order chi connectivity index (χ0) is 19.1. The van der Waals surface area contributed by atoms with Crippen molar-refractivity contribution < 1.29 is 9.59 Å². The summed E-state index contributed by atoms with van der Waals surface area (Å²) < 4.78 is 0. The van der Waals surface area contributed by atoms with Crippen molar-refractivity contribution in [3.05, 3.63) is 30.3 Å². The van der Waals surface area contributed by atoms with Crippen molar-refractivity contribution in [3.63, 3.8) is 0 Å². The van der Waals surface area contributed by atoms with Crippen LogP contribution in [0.3, 0.4) is 0 Å². The van der Waals surface area contributed by atoms with Crippen molar-refractivity contribution in [2.75, 3.05) is 38.1 Å². The number of hydrogen-bond acceptors (Lipinski definition) is 6. The Morgan fingerprint density at radius 3 is 2.30 bits per heavy atom. The number of anilines is 1. The predicted molar refractivity (Wildman–Crippen MR) is 104 cm³/mol. The third-order valence-electron chi connectivity index (χ3n) is 5.52. The van der Waals surface area contributed by atoms with E-state index in [1.165, 1.54) is 10.6 Å². The van der Waals surface area contributed by atoms with Crippen LogP contribution in [0.4, 0.5) is 10.5 Å². The smallest absolute Gasteiger partial charge is 0.325 e. The third-order valence-corrected chi connectivity index (χ3v) is 5.52.